The van der Waals surface area contributed by atoms with Gasteiger partial charge in [-0.3, -0.25) is 0 Å². The lowest BCUT2D eigenvalue weighted by atomic mass is 10.3. The van der Waals surface area contributed by atoms with E-state index in [4.69, 9.17) is 4.74 Å². The van der Waals surface area contributed by atoms with Gasteiger partial charge in [0.05, 0.1) is 6.61 Å². The van der Waals surface area contributed by atoms with Gasteiger partial charge in [0.15, 0.2) is 0 Å². The lowest BCUT2D eigenvalue weighted by molar-refractivity contribution is 0.324. The van der Waals surface area contributed by atoms with Crippen LogP contribution in [0.15, 0.2) is 29.2 Å². The van der Waals surface area contributed by atoms with E-state index in [-0.39, 0.29) is 13.1 Å². The van der Waals surface area contributed by atoms with Gasteiger partial charge in [0, 0.05) is 38.3 Å². The molecule has 146 valence electrons. The molecule has 0 spiro atoms. The molecule has 0 unspecified atom stereocenters. The molecule has 0 bridgehead atoms. The molecule has 0 aliphatic carbocycles. The van der Waals surface area contributed by atoms with Gasteiger partial charge in [-0.1, -0.05) is 0 Å². The highest BCUT2D eigenvalue weighted by Crippen LogP contribution is 2.24. The second kappa shape index (κ2) is 7.73. The van der Waals surface area contributed by atoms with E-state index in [0.29, 0.717) is 43.3 Å². The number of sulfonamides is 1. The number of nitrogens with zero attached hydrogens (tertiary/aromatic N) is 4. The third kappa shape index (κ3) is 4.16. The first kappa shape index (κ1) is 19.4. The smallest absolute Gasteiger partial charge is 0.246 e. The van der Waals surface area contributed by atoms with E-state index in [1.54, 1.807) is 13.0 Å². The summed E-state index contributed by atoms with van der Waals surface area (Å²) >= 11 is 0. The first-order valence-corrected chi connectivity index (χ1v) is 9.94. The monoisotopic (exact) mass is 398 g/mol. The third-order valence-electron chi connectivity index (χ3n) is 4.17. The molecule has 1 fully saturated rings. The molecule has 10 heteroatoms. The van der Waals surface area contributed by atoms with Crippen LogP contribution in [0.5, 0.6) is 5.88 Å². The second-order valence-corrected chi connectivity index (χ2v) is 7.92. The van der Waals surface area contributed by atoms with Gasteiger partial charge in [-0.05, 0) is 26.0 Å². The fraction of sp³-hybridized carbons (Fsp3) is 0.412. The fourth-order valence-electron chi connectivity index (χ4n) is 2.89. The number of halogens is 2. The van der Waals surface area contributed by atoms with Crippen LogP contribution in [-0.2, 0) is 10.0 Å². The Hall–Kier alpha value is -2.33. The van der Waals surface area contributed by atoms with Crippen LogP contribution in [0.3, 0.4) is 0 Å². The number of hydrogen-bond donors (Lipinski definition) is 0. The average Bonchev–Trinajstić information content (AvgIpc) is 2.61. The number of anilines is 1. The SMILES string of the molecule is CCOc1cc(N2CCN(S(=O)(=O)c3ccc(F)cc3F)CC2)nc(C)n1. The number of aromatic nitrogens is 2. The molecule has 7 nitrogen and oxygen atoms in total. The van der Waals surface area contributed by atoms with Crippen molar-refractivity contribution in [1.29, 1.82) is 0 Å². The normalized spacial score (nSPS) is 15.8. The topological polar surface area (TPSA) is 75.6 Å². The first-order valence-electron chi connectivity index (χ1n) is 8.50. The van der Waals surface area contributed by atoms with Gasteiger partial charge in [-0.25, -0.2) is 22.2 Å². The summed E-state index contributed by atoms with van der Waals surface area (Å²) in [5.41, 5.74) is 0. The van der Waals surface area contributed by atoms with Crippen molar-refractivity contribution in [2.45, 2.75) is 18.7 Å². The van der Waals surface area contributed by atoms with Crippen molar-refractivity contribution in [3.05, 3.63) is 41.7 Å². The van der Waals surface area contributed by atoms with Crippen molar-refractivity contribution in [2.75, 3.05) is 37.7 Å². The Balaban J connectivity index is 1.75. The largest absolute Gasteiger partial charge is 0.478 e. The minimum absolute atomic E-state index is 0.159. The van der Waals surface area contributed by atoms with Crippen molar-refractivity contribution in [3.8, 4) is 5.88 Å². The van der Waals surface area contributed by atoms with E-state index in [0.717, 1.165) is 12.1 Å². The number of hydrogen-bond acceptors (Lipinski definition) is 6. The zero-order valence-corrected chi connectivity index (χ0v) is 15.8. The molecule has 3 rings (SSSR count). The van der Waals surface area contributed by atoms with Crippen molar-refractivity contribution in [2.24, 2.45) is 0 Å². The van der Waals surface area contributed by atoms with Gasteiger partial charge in [-0.15, -0.1) is 0 Å². The highest BCUT2D eigenvalue weighted by molar-refractivity contribution is 7.89. The fourth-order valence-corrected chi connectivity index (χ4v) is 4.36. The van der Waals surface area contributed by atoms with E-state index in [1.165, 1.54) is 4.31 Å². The molecule has 1 aliphatic rings. The predicted molar refractivity (Wildman–Crippen MR) is 95.3 cm³/mol. The zero-order chi connectivity index (χ0) is 19.6. The van der Waals surface area contributed by atoms with Gasteiger partial charge in [0.2, 0.25) is 15.9 Å². The minimum atomic E-state index is -4.03. The maximum absolute atomic E-state index is 13.9. The van der Waals surface area contributed by atoms with Gasteiger partial charge in [0.1, 0.15) is 28.2 Å². The molecule has 1 aliphatic heterocycles. The molecule has 0 atom stereocenters. The van der Waals surface area contributed by atoms with Crippen LogP contribution >= 0.6 is 0 Å². The van der Waals surface area contributed by atoms with E-state index in [1.807, 2.05) is 11.8 Å². The standard InChI is InChI=1S/C17H20F2N4O3S/c1-3-26-17-11-16(20-12(2)21-17)22-6-8-23(9-7-22)27(24,25)15-5-4-13(18)10-14(15)19/h4-5,10-11H,3,6-9H2,1-2H3. The van der Waals surface area contributed by atoms with Crippen molar-refractivity contribution < 1.29 is 21.9 Å². The first-order chi connectivity index (χ1) is 12.8. The summed E-state index contributed by atoms with van der Waals surface area (Å²) in [6.45, 7) is 5.16. The molecule has 0 amide bonds. The Morgan fingerprint density at radius 3 is 2.44 bits per heavy atom. The Morgan fingerprint density at radius 2 is 1.81 bits per heavy atom. The quantitative estimate of drug-likeness (QED) is 0.767. The van der Waals surface area contributed by atoms with Crippen LogP contribution < -0.4 is 9.64 Å². The molecule has 0 saturated carbocycles. The lowest BCUT2D eigenvalue weighted by Gasteiger charge is -2.34. The summed E-state index contributed by atoms with van der Waals surface area (Å²) in [6.07, 6.45) is 0. The highest BCUT2D eigenvalue weighted by atomic mass is 32.2. The molecule has 0 radical (unpaired) electrons. The van der Waals surface area contributed by atoms with E-state index < -0.39 is 26.6 Å². The molecular formula is C17H20F2N4O3S. The van der Waals surface area contributed by atoms with Gasteiger partial charge in [0.25, 0.3) is 0 Å². The van der Waals surface area contributed by atoms with Gasteiger partial charge < -0.3 is 9.64 Å². The molecule has 2 heterocycles. The molecule has 0 N–H and O–H groups in total. The number of ether oxygens (including phenoxy) is 1. The number of rotatable bonds is 5. The van der Waals surface area contributed by atoms with E-state index in [2.05, 4.69) is 9.97 Å². The maximum Gasteiger partial charge on any atom is 0.246 e. The highest BCUT2D eigenvalue weighted by Gasteiger charge is 2.31. The number of benzene rings is 1. The van der Waals surface area contributed by atoms with E-state index >= 15 is 0 Å². The van der Waals surface area contributed by atoms with Crippen LogP contribution in [0.4, 0.5) is 14.6 Å². The molecule has 1 aromatic heterocycles. The molecule has 27 heavy (non-hydrogen) atoms. The summed E-state index contributed by atoms with van der Waals surface area (Å²) in [4.78, 5) is 9.97. The molecule has 1 aromatic carbocycles. The molecule has 1 saturated heterocycles. The summed E-state index contributed by atoms with van der Waals surface area (Å²) in [6, 6.07) is 4.17. The summed E-state index contributed by atoms with van der Waals surface area (Å²) in [7, 11) is -4.03. The summed E-state index contributed by atoms with van der Waals surface area (Å²) in [5.74, 6) is -0.246. The van der Waals surface area contributed by atoms with Crippen LogP contribution in [-0.4, -0.2) is 55.5 Å². The van der Waals surface area contributed by atoms with Crippen molar-refractivity contribution >= 4 is 15.8 Å². The van der Waals surface area contributed by atoms with Crippen LogP contribution in [0, 0.1) is 18.6 Å². The summed E-state index contributed by atoms with van der Waals surface area (Å²) < 4.78 is 58.9. The Morgan fingerprint density at radius 1 is 1.11 bits per heavy atom. The van der Waals surface area contributed by atoms with Gasteiger partial charge >= 0.3 is 0 Å². The third-order valence-corrected chi connectivity index (χ3v) is 6.10. The minimum Gasteiger partial charge on any atom is -0.478 e. The molecule has 2 aromatic rings. The maximum atomic E-state index is 13.9. The van der Waals surface area contributed by atoms with Crippen LogP contribution in [0.25, 0.3) is 0 Å². The van der Waals surface area contributed by atoms with Crippen LogP contribution in [0.2, 0.25) is 0 Å². The average molecular weight is 398 g/mol. The molecular weight excluding hydrogens is 378 g/mol. The predicted octanol–water partition coefficient (Wildman–Crippen LogP) is 1.97. The summed E-state index contributed by atoms with van der Waals surface area (Å²) in [5, 5.41) is 0. The van der Waals surface area contributed by atoms with Crippen LogP contribution in [0.1, 0.15) is 12.7 Å². The number of aryl methyl sites for hydroxylation is 1. The number of piperazine rings is 1. The van der Waals surface area contributed by atoms with Crippen molar-refractivity contribution in [1.82, 2.24) is 14.3 Å². The van der Waals surface area contributed by atoms with E-state index in [9.17, 15) is 17.2 Å². The Kier molecular flexibility index (Phi) is 5.56. The lowest BCUT2D eigenvalue weighted by Crippen LogP contribution is -2.49. The second-order valence-electron chi connectivity index (χ2n) is 6.01. The zero-order valence-electron chi connectivity index (χ0n) is 15.0. The van der Waals surface area contributed by atoms with Crippen molar-refractivity contribution in [3.63, 3.8) is 0 Å². The Labute approximate surface area is 156 Å². The van der Waals surface area contributed by atoms with Gasteiger partial charge in [-0.2, -0.15) is 9.29 Å². The Bertz CT molecular complexity index is 932.